The van der Waals surface area contributed by atoms with E-state index in [-0.39, 0.29) is 0 Å². The van der Waals surface area contributed by atoms with Gasteiger partial charge in [0.2, 0.25) is 0 Å². The quantitative estimate of drug-likeness (QED) is 0.578. The lowest BCUT2D eigenvalue weighted by Gasteiger charge is -2.26. The van der Waals surface area contributed by atoms with Gasteiger partial charge in [0.05, 0.1) is 0 Å². The smallest absolute Gasteiger partial charge is 0.181 e. The van der Waals surface area contributed by atoms with Gasteiger partial charge in [-0.2, -0.15) is 0 Å². The minimum atomic E-state index is -0.809. The molecule has 0 radical (unpaired) electrons. The van der Waals surface area contributed by atoms with E-state index < -0.39 is 9.92 Å². The predicted octanol–water partition coefficient (Wildman–Crippen LogP) is 4.67. The Morgan fingerprint density at radius 2 is 1.29 bits per heavy atom. The molecule has 78 valence electrons. The first-order valence-corrected chi connectivity index (χ1v) is 5.75. The van der Waals surface area contributed by atoms with Gasteiger partial charge < -0.3 is 4.90 Å². The van der Waals surface area contributed by atoms with E-state index in [0.29, 0.717) is 10.7 Å². The molecule has 0 bridgehead atoms. The number of alkyl halides is 4. The fourth-order valence-electron chi connectivity index (χ4n) is 0.924. The van der Waals surface area contributed by atoms with Gasteiger partial charge >= 0.3 is 0 Å². The molecular weight excluding hydrogens is 287 g/mol. The molecule has 0 amide bonds. The summed E-state index contributed by atoms with van der Waals surface area (Å²) in [5.41, 5.74) is 0.708. The van der Waals surface area contributed by atoms with Crippen LogP contribution in [0, 0.1) is 0 Å². The zero-order chi connectivity index (χ0) is 10.7. The number of hydrogen-bond acceptors (Lipinski definition) is 1. The molecule has 0 saturated heterocycles. The van der Waals surface area contributed by atoms with Crippen LogP contribution in [0.25, 0.3) is 0 Å². The molecule has 0 aliphatic heterocycles. The van der Waals surface area contributed by atoms with Crippen LogP contribution < -0.4 is 4.90 Å². The zero-order valence-electron chi connectivity index (χ0n) is 6.80. The number of halogens is 5. The Morgan fingerprint density at radius 1 is 0.857 bits per heavy atom. The van der Waals surface area contributed by atoms with Crippen molar-refractivity contribution in [1.82, 2.24) is 0 Å². The number of benzene rings is 1. The van der Waals surface area contributed by atoms with Gasteiger partial charge in [0, 0.05) is 10.7 Å². The number of nitrogens with zero attached hydrogens (tertiary/aromatic N) is 1. The van der Waals surface area contributed by atoms with Crippen molar-refractivity contribution in [1.29, 1.82) is 0 Å². The monoisotopic (exact) mass is 291 g/mol. The van der Waals surface area contributed by atoms with Crippen molar-refractivity contribution < 1.29 is 0 Å². The molecule has 0 heterocycles. The van der Waals surface area contributed by atoms with Crippen molar-refractivity contribution in [3.63, 3.8) is 0 Å². The molecule has 0 aromatic heterocycles. The first kappa shape index (κ1) is 12.5. The maximum atomic E-state index is 5.73. The highest BCUT2D eigenvalue weighted by Crippen LogP contribution is 2.28. The van der Waals surface area contributed by atoms with Gasteiger partial charge in [0.1, 0.15) is 0 Å². The minimum absolute atomic E-state index is 0.620. The van der Waals surface area contributed by atoms with Crippen LogP contribution in [0.1, 0.15) is 0 Å². The molecule has 0 atom stereocenters. The van der Waals surface area contributed by atoms with Gasteiger partial charge in [-0.15, -0.1) is 0 Å². The standard InChI is InChI=1S/C8H6Cl5N/c9-5-1-3-6(4-2-5)14(7(10)11)8(12)13/h1-4,7-8H. The molecule has 0 aliphatic carbocycles. The third-order valence-electron chi connectivity index (χ3n) is 1.55. The average molecular weight is 293 g/mol. The number of hydrogen-bond donors (Lipinski definition) is 0. The van der Waals surface area contributed by atoms with Crippen LogP contribution >= 0.6 is 58.0 Å². The second kappa shape index (κ2) is 5.53. The second-order valence-electron chi connectivity index (χ2n) is 2.44. The molecule has 0 fully saturated rings. The molecule has 0 aliphatic rings. The zero-order valence-corrected chi connectivity index (χ0v) is 10.6. The Bertz CT molecular complexity index is 276. The lowest BCUT2D eigenvalue weighted by molar-refractivity contribution is 0.954. The summed E-state index contributed by atoms with van der Waals surface area (Å²) in [6.45, 7) is 0. The highest BCUT2D eigenvalue weighted by Gasteiger charge is 2.19. The van der Waals surface area contributed by atoms with E-state index in [1.807, 2.05) is 0 Å². The maximum absolute atomic E-state index is 5.73. The van der Waals surface area contributed by atoms with E-state index in [4.69, 9.17) is 58.0 Å². The van der Waals surface area contributed by atoms with E-state index in [9.17, 15) is 0 Å². The van der Waals surface area contributed by atoms with Crippen LogP contribution in [-0.2, 0) is 0 Å². The third-order valence-corrected chi connectivity index (χ3v) is 2.64. The molecule has 0 unspecified atom stereocenters. The van der Waals surface area contributed by atoms with Gasteiger partial charge in [0.15, 0.2) is 9.92 Å². The van der Waals surface area contributed by atoms with E-state index in [1.54, 1.807) is 24.3 Å². The predicted molar refractivity (Wildman–Crippen MR) is 64.9 cm³/mol. The summed E-state index contributed by atoms with van der Waals surface area (Å²) < 4.78 is 0. The lowest BCUT2D eigenvalue weighted by atomic mass is 10.3. The molecule has 1 nitrogen and oxygen atoms in total. The van der Waals surface area contributed by atoms with Gasteiger partial charge in [-0.25, -0.2) is 0 Å². The first-order valence-electron chi connectivity index (χ1n) is 3.62. The van der Waals surface area contributed by atoms with Crippen LogP contribution in [0.15, 0.2) is 24.3 Å². The molecular formula is C8H6Cl5N. The molecule has 0 saturated carbocycles. The summed E-state index contributed by atoms with van der Waals surface area (Å²) >= 11 is 28.5. The van der Waals surface area contributed by atoms with Crippen molar-refractivity contribution in [2.75, 3.05) is 4.90 Å². The van der Waals surface area contributed by atoms with Gasteiger partial charge in [-0.1, -0.05) is 58.0 Å². The van der Waals surface area contributed by atoms with Gasteiger partial charge in [-0.3, -0.25) is 0 Å². The number of rotatable bonds is 3. The first-order chi connectivity index (χ1) is 6.52. The van der Waals surface area contributed by atoms with Gasteiger partial charge in [-0.05, 0) is 24.3 Å². The SMILES string of the molecule is Clc1ccc(N(C(Cl)Cl)C(Cl)Cl)cc1. The Labute approximate surface area is 107 Å². The third kappa shape index (κ3) is 3.25. The van der Waals surface area contributed by atoms with Crippen LogP contribution in [0.3, 0.4) is 0 Å². The van der Waals surface area contributed by atoms with Crippen LogP contribution in [0.5, 0.6) is 0 Å². The largest absolute Gasteiger partial charge is 0.313 e. The van der Waals surface area contributed by atoms with Crippen molar-refractivity contribution in [2.24, 2.45) is 0 Å². The van der Waals surface area contributed by atoms with Crippen LogP contribution in [0.2, 0.25) is 5.02 Å². The van der Waals surface area contributed by atoms with E-state index in [2.05, 4.69) is 0 Å². The molecule has 6 heteroatoms. The van der Waals surface area contributed by atoms with Crippen molar-refractivity contribution >= 4 is 63.7 Å². The van der Waals surface area contributed by atoms with E-state index in [1.165, 1.54) is 4.90 Å². The average Bonchev–Trinajstić information content (AvgIpc) is 2.07. The Kier molecular flexibility index (Phi) is 4.95. The summed E-state index contributed by atoms with van der Waals surface area (Å²) in [6, 6.07) is 6.88. The second-order valence-corrected chi connectivity index (χ2v) is 4.98. The maximum Gasteiger partial charge on any atom is 0.181 e. The Balaban J connectivity index is 2.94. The van der Waals surface area contributed by atoms with Crippen molar-refractivity contribution in [3.05, 3.63) is 29.3 Å². The summed E-state index contributed by atoms with van der Waals surface area (Å²) in [5.74, 6) is 0. The lowest BCUT2D eigenvalue weighted by Crippen LogP contribution is -2.31. The summed E-state index contributed by atoms with van der Waals surface area (Å²) in [4.78, 5) is -0.185. The molecule has 1 aromatic rings. The Morgan fingerprint density at radius 3 is 1.64 bits per heavy atom. The highest BCUT2D eigenvalue weighted by molar-refractivity contribution is 6.50. The Hall–Kier alpha value is 0.470. The summed E-state index contributed by atoms with van der Waals surface area (Å²) in [6.07, 6.45) is 0. The highest BCUT2D eigenvalue weighted by atomic mass is 35.5. The topological polar surface area (TPSA) is 3.24 Å². The minimum Gasteiger partial charge on any atom is -0.313 e. The fraction of sp³-hybridized carbons (Fsp3) is 0.250. The van der Waals surface area contributed by atoms with Crippen LogP contribution in [0.4, 0.5) is 5.69 Å². The molecule has 14 heavy (non-hydrogen) atoms. The fourth-order valence-corrected chi connectivity index (χ4v) is 2.18. The molecule has 1 aromatic carbocycles. The number of anilines is 1. The van der Waals surface area contributed by atoms with Gasteiger partial charge in [0.25, 0.3) is 0 Å². The van der Waals surface area contributed by atoms with E-state index >= 15 is 0 Å². The normalized spacial score (nSPS) is 11.1. The van der Waals surface area contributed by atoms with Crippen molar-refractivity contribution in [3.8, 4) is 0 Å². The summed E-state index contributed by atoms with van der Waals surface area (Å²) in [5, 5.41) is 0.620. The summed E-state index contributed by atoms with van der Waals surface area (Å²) in [7, 11) is 0. The molecule has 1 rings (SSSR count). The molecule has 0 N–H and O–H groups in total. The molecule has 0 spiro atoms. The van der Waals surface area contributed by atoms with Crippen molar-refractivity contribution in [2.45, 2.75) is 9.92 Å². The van der Waals surface area contributed by atoms with Crippen LogP contribution in [-0.4, -0.2) is 9.92 Å². The van der Waals surface area contributed by atoms with E-state index in [0.717, 1.165) is 0 Å².